The van der Waals surface area contributed by atoms with Crippen molar-refractivity contribution in [2.24, 2.45) is 5.73 Å². The van der Waals surface area contributed by atoms with Gasteiger partial charge in [0.2, 0.25) is 0 Å². The number of benzene rings is 1. The molecule has 5 heteroatoms. The summed E-state index contributed by atoms with van der Waals surface area (Å²) in [7, 11) is 2.16. The van der Waals surface area contributed by atoms with Crippen LogP contribution in [0.15, 0.2) is 18.2 Å². The summed E-state index contributed by atoms with van der Waals surface area (Å²) in [6.07, 6.45) is 0. The maximum Gasteiger partial charge on any atom is 0.0595 e. The van der Waals surface area contributed by atoms with E-state index in [1.165, 1.54) is 0 Å². The van der Waals surface area contributed by atoms with Crippen molar-refractivity contribution < 1.29 is 0 Å². The van der Waals surface area contributed by atoms with Crippen LogP contribution in [0.2, 0.25) is 10.0 Å². The van der Waals surface area contributed by atoms with Gasteiger partial charge in [-0.05, 0) is 31.7 Å². The Morgan fingerprint density at radius 2 is 2.05 bits per heavy atom. The Bertz CT molecular complexity index is 439. The minimum Gasteiger partial charge on any atom is -0.329 e. The van der Waals surface area contributed by atoms with Crippen molar-refractivity contribution in [1.29, 1.82) is 0 Å². The molecule has 0 aliphatic carbocycles. The Kier molecular flexibility index (Phi) is 5.09. The van der Waals surface area contributed by atoms with Crippen LogP contribution in [0.3, 0.4) is 0 Å². The molecule has 2 N–H and O–H groups in total. The normalized spacial score (nSPS) is 23.5. The number of nitrogens with zero attached hydrogens (tertiary/aromatic N) is 2. The molecule has 0 amide bonds. The lowest BCUT2D eigenvalue weighted by Crippen LogP contribution is -2.52. The van der Waals surface area contributed by atoms with Gasteiger partial charge < -0.3 is 10.6 Å². The molecule has 2 atom stereocenters. The molecule has 3 nitrogen and oxygen atoms in total. The van der Waals surface area contributed by atoms with Crippen molar-refractivity contribution in [2.75, 3.05) is 33.2 Å². The number of nitrogens with two attached hydrogens (primary N) is 1. The van der Waals surface area contributed by atoms with Crippen molar-refractivity contribution >= 4 is 23.2 Å². The first-order valence-corrected chi connectivity index (χ1v) is 7.37. The van der Waals surface area contributed by atoms with Crippen LogP contribution in [0.25, 0.3) is 0 Å². The van der Waals surface area contributed by atoms with Gasteiger partial charge in [-0.15, -0.1) is 0 Å². The summed E-state index contributed by atoms with van der Waals surface area (Å²) >= 11 is 12.1. The van der Waals surface area contributed by atoms with Crippen LogP contribution in [0.1, 0.15) is 18.5 Å². The van der Waals surface area contributed by atoms with Crippen LogP contribution < -0.4 is 5.73 Å². The molecule has 1 fully saturated rings. The average molecular weight is 302 g/mol. The molecule has 0 radical (unpaired) electrons. The van der Waals surface area contributed by atoms with Gasteiger partial charge >= 0.3 is 0 Å². The number of hydrogen-bond donors (Lipinski definition) is 1. The van der Waals surface area contributed by atoms with Gasteiger partial charge in [-0.25, -0.2) is 0 Å². The molecule has 1 heterocycles. The molecule has 106 valence electrons. The smallest absolute Gasteiger partial charge is 0.0595 e. The molecule has 1 saturated heterocycles. The van der Waals surface area contributed by atoms with Crippen LogP contribution in [0.4, 0.5) is 0 Å². The lowest BCUT2D eigenvalue weighted by atomic mass is 10.0. The summed E-state index contributed by atoms with van der Waals surface area (Å²) in [6, 6.07) is 6.51. The molecule has 1 aromatic rings. The Morgan fingerprint density at radius 1 is 1.32 bits per heavy atom. The van der Waals surface area contributed by atoms with Crippen LogP contribution in [-0.4, -0.2) is 49.1 Å². The van der Waals surface area contributed by atoms with Gasteiger partial charge in [0.1, 0.15) is 0 Å². The molecule has 2 rings (SSSR count). The number of likely N-dealkylation sites (N-methyl/N-ethyl adjacent to an activating group) is 1. The fourth-order valence-corrected chi connectivity index (χ4v) is 3.11. The van der Waals surface area contributed by atoms with Crippen molar-refractivity contribution in [3.63, 3.8) is 0 Å². The first kappa shape index (κ1) is 15.1. The Balaban J connectivity index is 2.21. The molecule has 0 spiro atoms. The predicted octanol–water partition coefficient (Wildman–Crippen LogP) is 2.63. The second-order valence-electron chi connectivity index (χ2n) is 5.27. The zero-order chi connectivity index (χ0) is 14.0. The number of halogens is 2. The van der Waals surface area contributed by atoms with E-state index in [0.29, 0.717) is 22.6 Å². The van der Waals surface area contributed by atoms with Crippen molar-refractivity contribution in [2.45, 2.75) is 19.0 Å². The average Bonchev–Trinajstić information content (AvgIpc) is 2.37. The number of rotatable bonds is 3. The van der Waals surface area contributed by atoms with Crippen LogP contribution in [-0.2, 0) is 0 Å². The number of piperazine rings is 1. The minimum absolute atomic E-state index is 0.207. The first-order chi connectivity index (χ1) is 9.02. The number of hydrogen-bond acceptors (Lipinski definition) is 3. The molecular formula is C14H21Cl2N3. The summed E-state index contributed by atoms with van der Waals surface area (Å²) < 4.78 is 0. The lowest BCUT2D eigenvalue weighted by molar-refractivity contribution is 0.0635. The lowest BCUT2D eigenvalue weighted by Gasteiger charge is -2.42. The molecule has 1 aliphatic heterocycles. The van der Waals surface area contributed by atoms with E-state index in [4.69, 9.17) is 28.9 Å². The maximum atomic E-state index is 6.11. The van der Waals surface area contributed by atoms with E-state index in [9.17, 15) is 0 Å². The fourth-order valence-electron chi connectivity index (χ4n) is 2.80. The maximum absolute atomic E-state index is 6.11. The van der Waals surface area contributed by atoms with Gasteiger partial charge in [0.05, 0.1) is 10.0 Å². The molecule has 19 heavy (non-hydrogen) atoms. The third-order valence-corrected chi connectivity index (χ3v) is 4.57. The highest BCUT2D eigenvalue weighted by Crippen LogP contribution is 2.29. The summed E-state index contributed by atoms with van der Waals surface area (Å²) in [5.74, 6) is 0. The molecule has 0 bridgehead atoms. The zero-order valence-electron chi connectivity index (χ0n) is 11.4. The summed E-state index contributed by atoms with van der Waals surface area (Å²) in [5, 5.41) is 1.19. The van der Waals surface area contributed by atoms with Gasteiger partial charge in [0.15, 0.2) is 0 Å². The van der Waals surface area contributed by atoms with E-state index in [1.54, 1.807) is 0 Å². The van der Waals surface area contributed by atoms with E-state index < -0.39 is 0 Å². The van der Waals surface area contributed by atoms with Crippen molar-refractivity contribution in [3.05, 3.63) is 33.8 Å². The molecular weight excluding hydrogens is 281 g/mol. The Hall–Kier alpha value is -0.320. The quantitative estimate of drug-likeness (QED) is 0.931. The standard InChI is InChI=1S/C14H21Cl2N3/c1-10-9-18(2)5-6-19(10)14(8-17)11-3-4-12(15)13(16)7-11/h3-4,7,10,14H,5-6,8-9,17H2,1-2H3. The Morgan fingerprint density at radius 3 is 2.63 bits per heavy atom. The van der Waals surface area contributed by atoms with E-state index in [2.05, 4.69) is 23.8 Å². The van der Waals surface area contributed by atoms with Crippen LogP contribution in [0.5, 0.6) is 0 Å². The summed E-state index contributed by atoms with van der Waals surface area (Å²) in [5.41, 5.74) is 7.14. The van der Waals surface area contributed by atoms with Crippen LogP contribution >= 0.6 is 23.2 Å². The van der Waals surface area contributed by atoms with Crippen LogP contribution in [0, 0.1) is 0 Å². The molecule has 2 unspecified atom stereocenters. The molecule has 0 saturated carbocycles. The SMILES string of the molecule is CC1CN(C)CCN1C(CN)c1ccc(Cl)c(Cl)c1. The third-order valence-electron chi connectivity index (χ3n) is 3.83. The van der Waals surface area contributed by atoms with E-state index in [1.807, 2.05) is 18.2 Å². The molecule has 1 aliphatic rings. The first-order valence-electron chi connectivity index (χ1n) is 6.62. The summed E-state index contributed by atoms with van der Waals surface area (Å²) in [4.78, 5) is 4.81. The highest BCUT2D eigenvalue weighted by atomic mass is 35.5. The van der Waals surface area contributed by atoms with Gasteiger partial charge in [-0.3, -0.25) is 4.90 Å². The van der Waals surface area contributed by atoms with E-state index in [-0.39, 0.29) is 6.04 Å². The molecule has 0 aromatic heterocycles. The van der Waals surface area contributed by atoms with Crippen molar-refractivity contribution in [1.82, 2.24) is 9.80 Å². The minimum atomic E-state index is 0.207. The fraction of sp³-hybridized carbons (Fsp3) is 0.571. The predicted molar refractivity (Wildman–Crippen MR) is 81.9 cm³/mol. The monoisotopic (exact) mass is 301 g/mol. The van der Waals surface area contributed by atoms with Gasteiger partial charge in [-0.1, -0.05) is 29.3 Å². The van der Waals surface area contributed by atoms with Gasteiger partial charge in [0.25, 0.3) is 0 Å². The topological polar surface area (TPSA) is 32.5 Å². The zero-order valence-corrected chi connectivity index (χ0v) is 13.0. The second kappa shape index (κ2) is 6.42. The van der Waals surface area contributed by atoms with E-state index >= 15 is 0 Å². The van der Waals surface area contributed by atoms with Gasteiger partial charge in [0, 0.05) is 38.3 Å². The Labute approximate surface area is 125 Å². The largest absolute Gasteiger partial charge is 0.329 e. The third kappa shape index (κ3) is 3.41. The second-order valence-corrected chi connectivity index (χ2v) is 6.09. The summed E-state index contributed by atoms with van der Waals surface area (Å²) in [6.45, 7) is 6.00. The molecule has 1 aromatic carbocycles. The van der Waals surface area contributed by atoms with Gasteiger partial charge in [-0.2, -0.15) is 0 Å². The highest BCUT2D eigenvalue weighted by molar-refractivity contribution is 6.42. The van der Waals surface area contributed by atoms with Crippen molar-refractivity contribution in [3.8, 4) is 0 Å². The van der Waals surface area contributed by atoms with E-state index in [0.717, 1.165) is 25.2 Å². The highest BCUT2D eigenvalue weighted by Gasteiger charge is 2.28.